The van der Waals surface area contributed by atoms with Crippen molar-refractivity contribution in [2.45, 2.75) is 36.7 Å². The highest BCUT2D eigenvalue weighted by atomic mass is 32.2. The molecule has 178 valence electrons. The molecule has 0 aromatic heterocycles. The molecule has 0 aliphatic carbocycles. The van der Waals surface area contributed by atoms with Gasteiger partial charge in [0.15, 0.2) is 0 Å². The number of carbonyl (C=O) groups excluding carboxylic acids is 2. The summed E-state index contributed by atoms with van der Waals surface area (Å²) in [5.74, 6) is -0.621. The maximum atomic E-state index is 13.0. The summed E-state index contributed by atoms with van der Waals surface area (Å²) < 4.78 is 55.9. The smallest absolute Gasteiger partial charge is 0.357 e. The molecule has 1 heterocycles. The Balaban J connectivity index is 1.78. The Bertz CT molecular complexity index is 1280. The highest BCUT2D eigenvalue weighted by molar-refractivity contribution is 7.89. The van der Waals surface area contributed by atoms with Crippen LogP contribution in [-0.2, 0) is 49.3 Å². The number of amides is 2. The van der Waals surface area contributed by atoms with Crippen molar-refractivity contribution in [3.05, 3.63) is 59.2 Å². The van der Waals surface area contributed by atoms with Gasteiger partial charge in [0.25, 0.3) is 0 Å². The second-order valence-electron chi connectivity index (χ2n) is 7.61. The lowest BCUT2D eigenvalue weighted by molar-refractivity contribution is -0.141. The molecule has 1 atom stereocenters. The molecule has 0 fully saturated rings. The average Bonchev–Trinajstić information content (AvgIpc) is 2.74. The van der Waals surface area contributed by atoms with Gasteiger partial charge in [0.05, 0.1) is 10.6 Å². The third kappa shape index (κ3) is 6.28. The van der Waals surface area contributed by atoms with Crippen LogP contribution in [0.3, 0.4) is 0 Å². The molecule has 5 N–H and O–H groups in total. The lowest BCUT2D eigenvalue weighted by atomic mass is 9.92. The van der Waals surface area contributed by atoms with Gasteiger partial charge in [-0.05, 0) is 47.4 Å². The molecule has 1 aliphatic rings. The molecule has 0 saturated carbocycles. The van der Waals surface area contributed by atoms with Gasteiger partial charge in [0.1, 0.15) is 6.04 Å². The number of aryl methyl sites for hydroxylation is 1. The van der Waals surface area contributed by atoms with Gasteiger partial charge in [-0.3, -0.25) is 18.9 Å². The number of benzene rings is 2. The monoisotopic (exact) mass is 496 g/mol. The number of fused-ring (bicyclic) bond motifs is 1. The SMILES string of the molecule is CNC(=O)C1Cc2ccc(NS(=O)(=O)O)cc2CN1C(=O)CCc1ccc(S(N)(=O)=O)cc1. The van der Waals surface area contributed by atoms with Crippen LogP contribution >= 0.6 is 0 Å². The number of hydrogen-bond donors (Lipinski definition) is 4. The van der Waals surface area contributed by atoms with E-state index in [9.17, 15) is 26.4 Å². The topological polar surface area (TPSA) is 176 Å². The van der Waals surface area contributed by atoms with E-state index in [1.165, 1.54) is 36.2 Å². The van der Waals surface area contributed by atoms with E-state index in [1.807, 2.05) is 4.72 Å². The van der Waals surface area contributed by atoms with Crippen LogP contribution in [-0.4, -0.2) is 51.2 Å². The molecular formula is C20H24N4O7S2. The van der Waals surface area contributed by atoms with Crippen LogP contribution in [0.25, 0.3) is 0 Å². The number of nitrogens with zero attached hydrogens (tertiary/aromatic N) is 1. The first-order chi connectivity index (χ1) is 15.4. The Morgan fingerprint density at radius 3 is 2.33 bits per heavy atom. The average molecular weight is 497 g/mol. The number of likely N-dealkylation sites (N-methyl/N-ethyl adjacent to an activating group) is 1. The number of rotatable bonds is 7. The molecule has 0 spiro atoms. The van der Waals surface area contributed by atoms with Crippen molar-refractivity contribution in [2.24, 2.45) is 5.14 Å². The quantitative estimate of drug-likeness (QED) is 0.395. The first kappa shape index (κ1) is 24.6. The minimum Gasteiger partial charge on any atom is -0.357 e. The Kier molecular flexibility index (Phi) is 7.07. The second-order valence-corrected chi connectivity index (χ2v) is 10.3. The van der Waals surface area contributed by atoms with Gasteiger partial charge in [0.2, 0.25) is 21.8 Å². The highest BCUT2D eigenvalue weighted by Crippen LogP contribution is 2.27. The van der Waals surface area contributed by atoms with Crippen LogP contribution < -0.4 is 15.2 Å². The van der Waals surface area contributed by atoms with Gasteiger partial charge in [-0.25, -0.2) is 13.6 Å². The summed E-state index contributed by atoms with van der Waals surface area (Å²) in [6.07, 6.45) is 0.633. The van der Waals surface area contributed by atoms with Gasteiger partial charge < -0.3 is 10.2 Å². The molecule has 0 radical (unpaired) electrons. The van der Waals surface area contributed by atoms with Crippen molar-refractivity contribution < 1.29 is 31.0 Å². The molecule has 33 heavy (non-hydrogen) atoms. The van der Waals surface area contributed by atoms with Gasteiger partial charge in [0, 0.05) is 26.4 Å². The van der Waals surface area contributed by atoms with Crippen LogP contribution in [0.4, 0.5) is 5.69 Å². The van der Waals surface area contributed by atoms with E-state index < -0.39 is 26.4 Å². The molecule has 0 bridgehead atoms. The van der Waals surface area contributed by atoms with Crippen molar-refractivity contribution in [3.8, 4) is 0 Å². The van der Waals surface area contributed by atoms with Gasteiger partial charge in [-0.2, -0.15) is 8.42 Å². The summed E-state index contributed by atoms with van der Waals surface area (Å²) in [4.78, 5) is 26.9. The summed E-state index contributed by atoms with van der Waals surface area (Å²) in [5.41, 5.74) is 2.29. The van der Waals surface area contributed by atoms with E-state index in [2.05, 4.69) is 5.32 Å². The largest absolute Gasteiger partial charge is 0.357 e. The lowest BCUT2D eigenvalue weighted by Crippen LogP contribution is -2.52. The van der Waals surface area contributed by atoms with Gasteiger partial charge >= 0.3 is 10.3 Å². The van der Waals surface area contributed by atoms with Crippen molar-refractivity contribution in [1.82, 2.24) is 10.2 Å². The fourth-order valence-corrected chi connectivity index (χ4v) is 4.64. The minimum atomic E-state index is -4.45. The van der Waals surface area contributed by atoms with Crippen LogP contribution in [0.2, 0.25) is 0 Å². The Hall–Kier alpha value is -3.00. The fourth-order valence-electron chi connectivity index (χ4n) is 3.70. The number of nitrogens with two attached hydrogens (primary N) is 1. The first-order valence-corrected chi connectivity index (χ1v) is 12.9. The first-order valence-electron chi connectivity index (χ1n) is 9.87. The molecule has 3 rings (SSSR count). The van der Waals surface area contributed by atoms with Crippen LogP contribution in [0.1, 0.15) is 23.1 Å². The van der Waals surface area contributed by atoms with Crippen molar-refractivity contribution >= 4 is 37.8 Å². The summed E-state index contributed by atoms with van der Waals surface area (Å²) in [5, 5.41) is 7.65. The molecule has 1 unspecified atom stereocenters. The number of carbonyl (C=O) groups is 2. The maximum Gasteiger partial charge on any atom is 0.357 e. The van der Waals surface area contributed by atoms with Crippen molar-refractivity contribution in [1.29, 1.82) is 0 Å². The second kappa shape index (κ2) is 9.47. The van der Waals surface area contributed by atoms with E-state index in [4.69, 9.17) is 9.69 Å². The predicted molar refractivity (Wildman–Crippen MR) is 120 cm³/mol. The zero-order valence-electron chi connectivity index (χ0n) is 17.7. The molecule has 2 aromatic carbocycles. The zero-order valence-corrected chi connectivity index (χ0v) is 19.3. The Morgan fingerprint density at radius 2 is 1.76 bits per heavy atom. The highest BCUT2D eigenvalue weighted by Gasteiger charge is 2.34. The standard InChI is InChI=1S/C20H24N4O7S2/c1-22-20(26)18-11-14-5-6-16(23-33(29,30)31)10-15(14)12-24(18)19(25)9-4-13-2-7-17(8-3-13)32(21,27)28/h2-3,5-8,10,18,23H,4,9,11-12H2,1H3,(H,22,26)(H2,21,27,28)(H,29,30,31). The van der Waals surface area contributed by atoms with Crippen molar-refractivity contribution in [3.63, 3.8) is 0 Å². The number of sulfonamides is 1. The minimum absolute atomic E-state index is 0.0285. The van der Waals surface area contributed by atoms with Crippen molar-refractivity contribution in [2.75, 3.05) is 11.8 Å². The zero-order chi connectivity index (χ0) is 24.4. The Morgan fingerprint density at radius 1 is 1.09 bits per heavy atom. The molecule has 2 amide bonds. The normalized spacial score (nSPS) is 16.1. The molecule has 11 nitrogen and oxygen atoms in total. The number of nitrogens with one attached hydrogen (secondary N) is 2. The van der Waals surface area contributed by atoms with Crippen LogP contribution in [0, 0.1) is 0 Å². The molecule has 13 heteroatoms. The maximum absolute atomic E-state index is 13.0. The molecule has 1 aliphatic heterocycles. The number of primary sulfonamides is 1. The van der Waals surface area contributed by atoms with Gasteiger partial charge in [-0.1, -0.05) is 18.2 Å². The fraction of sp³-hybridized carbons (Fsp3) is 0.300. The van der Waals surface area contributed by atoms with E-state index >= 15 is 0 Å². The van der Waals surface area contributed by atoms with E-state index in [1.54, 1.807) is 18.2 Å². The summed E-state index contributed by atoms with van der Waals surface area (Å²) >= 11 is 0. The van der Waals surface area contributed by atoms with E-state index in [0.717, 1.165) is 11.1 Å². The van der Waals surface area contributed by atoms with Crippen LogP contribution in [0.5, 0.6) is 0 Å². The summed E-state index contributed by atoms with van der Waals surface area (Å²) in [7, 11) is -6.78. The lowest BCUT2D eigenvalue weighted by Gasteiger charge is -2.36. The Labute approximate surface area is 191 Å². The van der Waals surface area contributed by atoms with Gasteiger partial charge in [-0.15, -0.1) is 0 Å². The predicted octanol–water partition coefficient (Wildman–Crippen LogP) is 0.181. The third-order valence-corrected chi connectivity index (χ3v) is 6.75. The summed E-state index contributed by atoms with van der Waals surface area (Å²) in [6, 6.07) is 9.76. The molecule has 0 saturated heterocycles. The molecular weight excluding hydrogens is 472 g/mol. The number of anilines is 1. The third-order valence-electron chi connectivity index (χ3n) is 5.33. The van der Waals surface area contributed by atoms with E-state index in [-0.39, 0.29) is 41.8 Å². The van der Waals surface area contributed by atoms with Crippen LogP contribution in [0.15, 0.2) is 47.4 Å². The number of hydrogen-bond acceptors (Lipinski definition) is 6. The molecule has 2 aromatic rings. The summed E-state index contributed by atoms with van der Waals surface area (Å²) in [6.45, 7) is 0.0810. The van der Waals surface area contributed by atoms with E-state index in [0.29, 0.717) is 12.0 Å².